The average molecular weight is 272 g/mol. The van der Waals surface area contributed by atoms with Crippen LogP contribution in [0, 0.1) is 29.1 Å². The molecule has 3 rings (SSSR count). The molecule has 0 bridgehead atoms. The first-order valence-corrected chi connectivity index (χ1v) is 7.86. The molecule has 1 spiro atoms. The van der Waals surface area contributed by atoms with Gasteiger partial charge in [0.1, 0.15) is 5.78 Å². The first kappa shape index (κ1) is 13.9. The summed E-state index contributed by atoms with van der Waals surface area (Å²) >= 11 is 0. The maximum absolute atomic E-state index is 12.2. The van der Waals surface area contributed by atoms with Gasteiger partial charge in [0, 0.05) is 24.3 Å². The number of rotatable bonds is 1. The zero-order valence-electron chi connectivity index (χ0n) is 12.5. The Bertz CT molecular complexity index is 512. The number of hydrogen-bond donors (Lipinski definition) is 1. The number of carbonyl (C=O) groups excluding carboxylic acids is 1. The lowest BCUT2D eigenvalue weighted by Gasteiger charge is -2.39. The number of hydrogen-bond acceptors (Lipinski definition) is 2. The molecule has 0 saturated heterocycles. The van der Waals surface area contributed by atoms with Crippen LogP contribution in [0.25, 0.3) is 0 Å². The summed E-state index contributed by atoms with van der Waals surface area (Å²) in [6.45, 7) is 3.58. The Morgan fingerprint density at radius 2 is 2.15 bits per heavy atom. The van der Waals surface area contributed by atoms with E-state index in [4.69, 9.17) is 0 Å². The van der Waals surface area contributed by atoms with E-state index in [1.54, 1.807) is 13.8 Å². The molecule has 2 heteroatoms. The van der Waals surface area contributed by atoms with E-state index in [-0.39, 0.29) is 5.41 Å². The molecule has 0 aliphatic heterocycles. The standard InChI is InChI=1S/C18H24O2/c1-17(2,20)10-3-5-13-9-12-18-11-4-6-16(19)15(18)8-7-14(13)18/h9,14-15,20H,4,6-8,10-12H2,1-2H3/t14-,15+,18+/m1/s1. The summed E-state index contributed by atoms with van der Waals surface area (Å²) in [5, 5.41) is 9.73. The second-order valence-electron chi connectivity index (χ2n) is 7.39. The van der Waals surface area contributed by atoms with Gasteiger partial charge in [-0.1, -0.05) is 17.9 Å². The van der Waals surface area contributed by atoms with Crippen molar-refractivity contribution in [3.63, 3.8) is 0 Å². The molecule has 108 valence electrons. The normalized spacial score (nSPS) is 36.0. The van der Waals surface area contributed by atoms with Gasteiger partial charge < -0.3 is 5.11 Å². The predicted molar refractivity (Wildman–Crippen MR) is 78.9 cm³/mol. The van der Waals surface area contributed by atoms with Crippen molar-refractivity contribution in [1.29, 1.82) is 0 Å². The molecule has 0 amide bonds. The van der Waals surface area contributed by atoms with E-state index in [1.807, 2.05) is 0 Å². The third-order valence-corrected chi connectivity index (χ3v) is 5.42. The Labute approximate surface area is 121 Å². The van der Waals surface area contributed by atoms with E-state index in [0.29, 0.717) is 24.0 Å². The topological polar surface area (TPSA) is 37.3 Å². The van der Waals surface area contributed by atoms with Crippen LogP contribution in [-0.2, 0) is 4.79 Å². The molecule has 0 unspecified atom stereocenters. The number of Topliss-reactive ketones (excluding diaryl/α,β-unsaturated/α-hetero) is 1. The molecule has 20 heavy (non-hydrogen) atoms. The van der Waals surface area contributed by atoms with Crippen LogP contribution in [0.3, 0.4) is 0 Å². The van der Waals surface area contributed by atoms with E-state index in [2.05, 4.69) is 17.9 Å². The van der Waals surface area contributed by atoms with Crippen molar-refractivity contribution in [1.82, 2.24) is 0 Å². The maximum atomic E-state index is 12.2. The highest BCUT2D eigenvalue weighted by molar-refractivity contribution is 5.83. The molecule has 0 aromatic rings. The summed E-state index contributed by atoms with van der Waals surface area (Å²) in [6, 6.07) is 0. The lowest BCUT2D eigenvalue weighted by molar-refractivity contribution is -0.129. The fraction of sp³-hybridized carbons (Fsp3) is 0.722. The summed E-state index contributed by atoms with van der Waals surface area (Å²) in [5.41, 5.74) is 0.739. The van der Waals surface area contributed by atoms with Crippen molar-refractivity contribution in [3.8, 4) is 11.8 Å². The molecular formula is C18H24O2. The highest BCUT2D eigenvalue weighted by Crippen LogP contribution is 2.61. The number of allylic oxidation sites excluding steroid dienone is 2. The lowest BCUT2D eigenvalue weighted by Crippen LogP contribution is -2.37. The average Bonchev–Trinajstić information content (AvgIpc) is 2.86. The summed E-state index contributed by atoms with van der Waals surface area (Å²) in [4.78, 5) is 12.2. The van der Waals surface area contributed by atoms with Gasteiger partial charge in [0.15, 0.2) is 0 Å². The predicted octanol–water partition coefficient (Wildman–Crippen LogP) is 3.25. The van der Waals surface area contributed by atoms with Crippen molar-refractivity contribution in [2.45, 2.75) is 64.4 Å². The van der Waals surface area contributed by atoms with Crippen molar-refractivity contribution in [2.24, 2.45) is 17.3 Å². The third kappa shape index (κ3) is 2.23. The van der Waals surface area contributed by atoms with Crippen LogP contribution in [0.15, 0.2) is 11.6 Å². The molecule has 0 radical (unpaired) electrons. The highest BCUT2D eigenvalue weighted by Gasteiger charge is 2.56. The van der Waals surface area contributed by atoms with Gasteiger partial charge in [0.2, 0.25) is 0 Å². The minimum atomic E-state index is -0.719. The molecule has 3 aliphatic rings. The minimum absolute atomic E-state index is 0.216. The van der Waals surface area contributed by atoms with Gasteiger partial charge in [-0.15, -0.1) is 0 Å². The van der Waals surface area contributed by atoms with Gasteiger partial charge in [0.05, 0.1) is 5.60 Å². The van der Waals surface area contributed by atoms with Gasteiger partial charge in [0.25, 0.3) is 0 Å². The zero-order valence-corrected chi connectivity index (χ0v) is 12.5. The van der Waals surface area contributed by atoms with Crippen LogP contribution < -0.4 is 0 Å². The Morgan fingerprint density at radius 3 is 2.90 bits per heavy atom. The Kier molecular flexibility index (Phi) is 3.29. The number of carbonyl (C=O) groups is 1. The van der Waals surface area contributed by atoms with E-state index >= 15 is 0 Å². The van der Waals surface area contributed by atoms with Crippen molar-refractivity contribution in [2.75, 3.05) is 0 Å². The van der Waals surface area contributed by atoms with Gasteiger partial charge in [-0.2, -0.15) is 0 Å². The largest absolute Gasteiger partial charge is 0.389 e. The third-order valence-electron chi connectivity index (χ3n) is 5.42. The van der Waals surface area contributed by atoms with Crippen LogP contribution in [0.5, 0.6) is 0 Å². The number of ketones is 1. The molecule has 0 aromatic carbocycles. The maximum Gasteiger partial charge on any atom is 0.136 e. The lowest BCUT2D eigenvalue weighted by atomic mass is 9.63. The Balaban J connectivity index is 1.77. The first-order chi connectivity index (χ1) is 9.42. The monoisotopic (exact) mass is 272 g/mol. The smallest absolute Gasteiger partial charge is 0.136 e. The molecule has 0 heterocycles. The van der Waals surface area contributed by atoms with Gasteiger partial charge in [-0.25, -0.2) is 0 Å². The zero-order chi connectivity index (χ0) is 14.4. The van der Waals surface area contributed by atoms with Crippen LogP contribution >= 0.6 is 0 Å². The van der Waals surface area contributed by atoms with Gasteiger partial charge in [-0.05, 0) is 57.3 Å². The highest BCUT2D eigenvalue weighted by atomic mass is 16.3. The summed E-state index contributed by atoms with van der Waals surface area (Å²) in [6.07, 6.45) is 9.05. The molecule has 1 N–H and O–H groups in total. The Morgan fingerprint density at radius 1 is 1.40 bits per heavy atom. The molecule has 3 atom stereocenters. The van der Waals surface area contributed by atoms with Crippen LogP contribution in [0.1, 0.15) is 58.8 Å². The quantitative estimate of drug-likeness (QED) is 0.744. The van der Waals surface area contributed by atoms with E-state index < -0.39 is 5.60 Å². The van der Waals surface area contributed by atoms with Gasteiger partial charge in [-0.3, -0.25) is 4.79 Å². The fourth-order valence-electron chi connectivity index (χ4n) is 4.54. The van der Waals surface area contributed by atoms with Crippen LogP contribution in [0.4, 0.5) is 0 Å². The summed E-state index contributed by atoms with van der Waals surface area (Å²) < 4.78 is 0. The number of aliphatic hydroxyl groups is 1. The second-order valence-corrected chi connectivity index (χ2v) is 7.39. The summed E-state index contributed by atoms with van der Waals surface area (Å²) in [7, 11) is 0. The molecule has 2 fully saturated rings. The minimum Gasteiger partial charge on any atom is -0.389 e. The second kappa shape index (κ2) is 4.74. The van der Waals surface area contributed by atoms with E-state index in [0.717, 1.165) is 32.1 Å². The van der Waals surface area contributed by atoms with Crippen molar-refractivity contribution < 1.29 is 9.90 Å². The Hall–Kier alpha value is -1.07. The van der Waals surface area contributed by atoms with Crippen molar-refractivity contribution >= 4 is 5.78 Å². The summed E-state index contributed by atoms with van der Waals surface area (Å²) in [5.74, 6) is 7.72. The van der Waals surface area contributed by atoms with Crippen LogP contribution in [-0.4, -0.2) is 16.5 Å². The first-order valence-electron chi connectivity index (χ1n) is 7.86. The molecule has 2 saturated carbocycles. The van der Waals surface area contributed by atoms with Gasteiger partial charge >= 0.3 is 0 Å². The van der Waals surface area contributed by atoms with Crippen LogP contribution in [0.2, 0.25) is 0 Å². The SMILES string of the molecule is CC(C)(O)CC#CC1=CC[C@]23CCCC(=O)[C@@H]2CC[C@H]13. The molecular weight excluding hydrogens is 248 g/mol. The van der Waals surface area contributed by atoms with E-state index in [9.17, 15) is 9.90 Å². The molecule has 3 aliphatic carbocycles. The van der Waals surface area contributed by atoms with Crippen molar-refractivity contribution in [3.05, 3.63) is 11.6 Å². The van der Waals surface area contributed by atoms with E-state index in [1.165, 1.54) is 12.0 Å². The molecule has 0 aromatic heterocycles. The molecule has 2 nitrogen and oxygen atoms in total. The fourth-order valence-corrected chi connectivity index (χ4v) is 4.54.